The second-order valence-electron chi connectivity index (χ2n) is 4.79. The summed E-state index contributed by atoms with van der Waals surface area (Å²) in [6.45, 7) is 6.11. The highest BCUT2D eigenvalue weighted by Crippen LogP contribution is 2.13. The molecule has 0 spiro atoms. The number of imidazole rings is 1. The lowest BCUT2D eigenvalue weighted by Gasteiger charge is -2.26. The molecule has 0 radical (unpaired) electrons. The summed E-state index contributed by atoms with van der Waals surface area (Å²) in [4.78, 5) is 18.1. The standard InChI is InChI=1S/C13H22N4O2/c1-2-19-13(18)11-12(14)17(10-15-11)9-8-16-6-4-3-5-7-16/h10H,2-9,14H2,1H3. The molecule has 1 aromatic heterocycles. The maximum atomic E-state index is 11.6. The Kier molecular flexibility index (Phi) is 4.79. The average Bonchev–Trinajstić information content (AvgIpc) is 2.79. The number of carbonyl (C=O) groups is 1. The lowest BCUT2D eigenvalue weighted by Crippen LogP contribution is -2.32. The van der Waals surface area contributed by atoms with Gasteiger partial charge in [0, 0.05) is 13.1 Å². The Morgan fingerprint density at radius 1 is 1.37 bits per heavy atom. The van der Waals surface area contributed by atoms with Crippen molar-refractivity contribution in [1.29, 1.82) is 0 Å². The van der Waals surface area contributed by atoms with Gasteiger partial charge in [0.15, 0.2) is 5.69 Å². The summed E-state index contributed by atoms with van der Waals surface area (Å²) < 4.78 is 6.73. The predicted molar refractivity (Wildman–Crippen MR) is 72.9 cm³/mol. The van der Waals surface area contributed by atoms with E-state index in [0.717, 1.165) is 26.2 Å². The second-order valence-corrected chi connectivity index (χ2v) is 4.79. The number of nitrogen functional groups attached to an aromatic ring is 1. The van der Waals surface area contributed by atoms with E-state index in [-0.39, 0.29) is 5.69 Å². The van der Waals surface area contributed by atoms with E-state index in [1.807, 2.05) is 4.57 Å². The zero-order valence-corrected chi connectivity index (χ0v) is 11.5. The van der Waals surface area contributed by atoms with Crippen LogP contribution in [0, 0.1) is 0 Å². The molecule has 1 saturated heterocycles. The van der Waals surface area contributed by atoms with E-state index < -0.39 is 5.97 Å². The van der Waals surface area contributed by atoms with Crippen LogP contribution in [-0.2, 0) is 11.3 Å². The lowest BCUT2D eigenvalue weighted by atomic mass is 10.1. The number of likely N-dealkylation sites (tertiary alicyclic amines) is 1. The van der Waals surface area contributed by atoms with Gasteiger partial charge in [-0.05, 0) is 32.9 Å². The minimum absolute atomic E-state index is 0.223. The molecule has 0 atom stereocenters. The molecular formula is C13H22N4O2. The molecule has 0 aromatic carbocycles. The van der Waals surface area contributed by atoms with Crippen LogP contribution in [0.15, 0.2) is 6.33 Å². The fraction of sp³-hybridized carbons (Fsp3) is 0.692. The minimum Gasteiger partial charge on any atom is -0.461 e. The van der Waals surface area contributed by atoms with Gasteiger partial charge >= 0.3 is 5.97 Å². The molecule has 2 N–H and O–H groups in total. The number of nitrogens with zero attached hydrogens (tertiary/aromatic N) is 3. The molecule has 1 aliphatic rings. The van der Waals surface area contributed by atoms with Gasteiger partial charge in [-0.3, -0.25) is 0 Å². The molecule has 0 bridgehead atoms. The number of ether oxygens (including phenoxy) is 1. The summed E-state index contributed by atoms with van der Waals surface area (Å²) in [6, 6.07) is 0. The van der Waals surface area contributed by atoms with Gasteiger partial charge in [0.25, 0.3) is 0 Å². The minimum atomic E-state index is -0.447. The summed E-state index contributed by atoms with van der Waals surface area (Å²) in [5.74, 6) is -0.0489. The predicted octanol–water partition coefficient (Wildman–Crippen LogP) is 1.13. The molecule has 1 aliphatic heterocycles. The van der Waals surface area contributed by atoms with Crippen LogP contribution < -0.4 is 5.73 Å². The quantitative estimate of drug-likeness (QED) is 0.809. The van der Waals surface area contributed by atoms with Crippen LogP contribution in [0.1, 0.15) is 36.7 Å². The highest BCUT2D eigenvalue weighted by Gasteiger charge is 2.17. The van der Waals surface area contributed by atoms with Gasteiger partial charge < -0.3 is 19.9 Å². The van der Waals surface area contributed by atoms with Gasteiger partial charge in [0.05, 0.1) is 12.9 Å². The summed E-state index contributed by atoms with van der Waals surface area (Å²) in [7, 11) is 0. The molecule has 2 rings (SSSR count). The Hall–Kier alpha value is -1.56. The Morgan fingerprint density at radius 3 is 2.79 bits per heavy atom. The van der Waals surface area contributed by atoms with E-state index in [4.69, 9.17) is 10.5 Å². The molecular weight excluding hydrogens is 244 g/mol. The number of esters is 1. The highest BCUT2D eigenvalue weighted by atomic mass is 16.5. The third-order valence-corrected chi connectivity index (χ3v) is 3.45. The van der Waals surface area contributed by atoms with E-state index in [2.05, 4.69) is 9.88 Å². The van der Waals surface area contributed by atoms with Crippen molar-refractivity contribution >= 4 is 11.8 Å². The summed E-state index contributed by atoms with van der Waals surface area (Å²) in [5.41, 5.74) is 6.15. The molecule has 2 heterocycles. The van der Waals surface area contributed by atoms with Crippen molar-refractivity contribution in [3.05, 3.63) is 12.0 Å². The van der Waals surface area contributed by atoms with Crippen LogP contribution in [-0.4, -0.2) is 46.7 Å². The molecule has 0 aliphatic carbocycles. The Balaban J connectivity index is 1.91. The molecule has 1 aromatic rings. The Morgan fingerprint density at radius 2 is 2.11 bits per heavy atom. The first-order valence-electron chi connectivity index (χ1n) is 6.92. The summed E-state index contributed by atoms with van der Waals surface area (Å²) >= 11 is 0. The van der Waals surface area contributed by atoms with Crippen molar-refractivity contribution in [3.8, 4) is 0 Å². The molecule has 0 unspecified atom stereocenters. The number of piperidine rings is 1. The topological polar surface area (TPSA) is 73.4 Å². The van der Waals surface area contributed by atoms with Gasteiger partial charge in [0.1, 0.15) is 5.82 Å². The van der Waals surface area contributed by atoms with Crippen LogP contribution >= 0.6 is 0 Å². The van der Waals surface area contributed by atoms with Crippen LogP contribution in [0.25, 0.3) is 0 Å². The number of anilines is 1. The van der Waals surface area contributed by atoms with Gasteiger partial charge in [0.2, 0.25) is 0 Å². The first-order chi connectivity index (χ1) is 9.22. The lowest BCUT2D eigenvalue weighted by molar-refractivity contribution is 0.0521. The van der Waals surface area contributed by atoms with Crippen molar-refractivity contribution in [1.82, 2.24) is 14.5 Å². The Bertz CT molecular complexity index is 424. The number of carbonyl (C=O) groups excluding carboxylic acids is 1. The largest absolute Gasteiger partial charge is 0.461 e. The van der Waals surface area contributed by atoms with Crippen molar-refractivity contribution < 1.29 is 9.53 Å². The second kappa shape index (κ2) is 6.56. The van der Waals surface area contributed by atoms with Crippen molar-refractivity contribution in [2.75, 3.05) is 32.0 Å². The van der Waals surface area contributed by atoms with Gasteiger partial charge in [-0.25, -0.2) is 9.78 Å². The maximum Gasteiger partial charge on any atom is 0.360 e. The molecule has 19 heavy (non-hydrogen) atoms. The normalized spacial score (nSPS) is 16.5. The third-order valence-electron chi connectivity index (χ3n) is 3.45. The van der Waals surface area contributed by atoms with Gasteiger partial charge in [-0.1, -0.05) is 6.42 Å². The summed E-state index contributed by atoms with van der Waals surface area (Å²) in [6.07, 6.45) is 5.49. The molecule has 6 heteroatoms. The van der Waals surface area contributed by atoms with Gasteiger partial charge in [-0.15, -0.1) is 0 Å². The number of hydrogen-bond acceptors (Lipinski definition) is 5. The monoisotopic (exact) mass is 266 g/mol. The average molecular weight is 266 g/mol. The zero-order valence-electron chi connectivity index (χ0n) is 11.5. The SMILES string of the molecule is CCOC(=O)c1ncn(CCN2CCCCC2)c1N. The smallest absolute Gasteiger partial charge is 0.360 e. The first kappa shape index (κ1) is 13.9. The van der Waals surface area contributed by atoms with E-state index >= 15 is 0 Å². The molecule has 106 valence electrons. The number of hydrogen-bond donors (Lipinski definition) is 1. The van der Waals surface area contributed by atoms with E-state index in [1.54, 1.807) is 13.3 Å². The Labute approximate surface area is 113 Å². The molecule has 1 fully saturated rings. The fourth-order valence-corrected chi connectivity index (χ4v) is 2.36. The van der Waals surface area contributed by atoms with E-state index in [9.17, 15) is 4.79 Å². The summed E-state index contributed by atoms with van der Waals surface area (Å²) in [5, 5.41) is 0. The zero-order chi connectivity index (χ0) is 13.7. The van der Waals surface area contributed by atoms with Crippen molar-refractivity contribution in [2.24, 2.45) is 0 Å². The van der Waals surface area contributed by atoms with Crippen molar-refractivity contribution in [3.63, 3.8) is 0 Å². The molecule has 6 nitrogen and oxygen atoms in total. The third kappa shape index (κ3) is 3.47. The fourth-order valence-electron chi connectivity index (χ4n) is 2.36. The maximum absolute atomic E-state index is 11.6. The van der Waals surface area contributed by atoms with Gasteiger partial charge in [-0.2, -0.15) is 0 Å². The van der Waals surface area contributed by atoms with Crippen LogP contribution in [0.2, 0.25) is 0 Å². The molecule has 0 amide bonds. The van der Waals surface area contributed by atoms with Crippen molar-refractivity contribution in [2.45, 2.75) is 32.7 Å². The van der Waals surface area contributed by atoms with Crippen LogP contribution in [0.5, 0.6) is 0 Å². The number of rotatable bonds is 5. The number of aromatic nitrogens is 2. The van der Waals surface area contributed by atoms with E-state index in [1.165, 1.54) is 19.3 Å². The molecule has 0 saturated carbocycles. The van der Waals surface area contributed by atoms with Crippen LogP contribution in [0.4, 0.5) is 5.82 Å². The van der Waals surface area contributed by atoms with E-state index in [0.29, 0.717) is 12.4 Å². The number of nitrogens with two attached hydrogens (primary N) is 1. The van der Waals surface area contributed by atoms with Crippen LogP contribution in [0.3, 0.4) is 0 Å². The highest BCUT2D eigenvalue weighted by molar-refractivity contribution is 5.92. The first-order valence-corrected chi connectivity index (χ1v) is 6.92.